The normalized spacial score (nSPS) is 13.7. The van der Waals surface area contributed by atoms with E-state index in [1.807, 2.05) is 44.2 Å². The molecule has 3 aromatic carbocycles. The van der Waals surface area contributed by atoms with Crippen LogP contribution in [0, 0.1) is 0 Å². The van der Waals surface area contributed by atoms with Crippen LogP contribution in [0.5, 0.6) is 11.5 Å². The lowest BCUT2D eigenvalue weighted by molar-refractivity contribution is -0.140. The molecule has 0 fully saturated rings. The van der Waals surface area contributed by atoms with Gasteiger partial charge in [-0.25, -0.2) is 8.42 Å². The number of nitrogens with zero attached hydrogens (tertiary/aromatic N) is 2. The number of amides is 2. The van der Waals surface area contributed by atoms with Gasteiger partial charge in [-0.05, 0) is 50.1 Å². The van der Waals surface area contributed by atoms with E-state index >= 15 is 0 Å². The van der Waals surface area contributed by atoms with Gasteiger partial charge in [-0.3, -0.25) is 13.9 Å². The second kappa shape index (κ2) is 14.3. The summed E-state index contributed by atoms with van der Waals surface area (Å²) in [4.78, 5) is 29.5. The number of ether oxygens (including phenoxy) is 2. The van der Waals surface area contributed by atoms with E-state index in [0.717, 1.165) is 9.87 Å². The third kappa shape index (κ3) is 7.93. The molecule has 230 valence electrons. The van der Waals surface area contributed by atoms with Gasteiger partial charge < -0.3 is 19.7 Å². The van der Waals surface area contributed by atoms with Crippen LogP contribution in [0.2, 0.25) is 10.0 Å². The lowest BCUT2D eigenvalue weighted by Gasteiger charge is -2.34. The van der Waals surface area contributed by atoms with Crippen molar-refractivity contribution < 1.29 is 27.5 Å². The van der Waals surface area contributed by atoms with Gasteiger partial charge in [0.15, 0.2) is 11.5 Å². The number of rotatable bonds is 13. The van der Waals surface area contributed by atoms with E-state index in [4.69, 9.17) is 32.7 Å². The number of carbonyl (C=O) groups excluding carboxylic acids is 2. The molecule has 3 aromatic rings. The minimum Gasteiger partial charge on any atom is -0.454 e. The molecule has 0 spiro atoms. The molecule has 0 radical (unpaired) electrons. The van der Waals surface area contributed by atoms with Crippen molar-refractivity contribution in [2.45, 2.75) is 52.2 Å². The Labute approximate surface area is 262 Å². The topological polar surface area (TPSA) is 105 Å². The molecule has 1 N–H and O–H groups in total. The second-order valence-electron chi connectivity index (χ2n) is 10.2. The van der Waals surface area contributed by atoms with E-state index in [2.05, 4.69) is 5.32 Å². The van der Waals surface area contributed by atoms with Crippen LogP contribution in [0.3, 0.4) is 0 Å². The first kappa shape index (κ1) is 32.4. The molecule has 43 heavy (non-hydrogen) atoms. The Morgan fingerprint density at radius 3 is 2.28 bits per heavy atom. The molecule has 2 atom stereocenters. The third-order valence-electron chi connectivity index (χ3n) is 7.29. The summed E-state index contributed by atoms with van der Waals surface area (Å²) in [5.41, 5.74) is 1.50. The highest BCUT2D eigenvalue weighted by atomic mass is 35.5. The predicted molar refractivity (Wildman–Crippen MR) is 168 cm³/mol. The number of fused-ring (bicyclic) bond motifs is 1. The summed E-state index contributed by atoms with van der Waals surface area (Å²) in [7, 11) is -3.94. The van der Waals surface area contributed by atoms with Crippen LogP contribution < -0.4 is 19.1 Å². The highest BCUT2D eigenvalue weighted by Crippen LogP contribution is 2.36. The Balaban J connectivity index is 1.78. The molecule has 4 rings (SSSR count). The van der Waals surface area contributed by atoms with Gasteiger partial charge in [-0.1, -0.05) is 66.5 Å². The van der Waals surface area contributed by atoms with Crippen LogP contribution in [0.15, 0.2) is 66.7 Å². The highest BCUT2D eigenvalue weighted by molar-refractivity contribution is 7.92. The first-order valence-corrected chi connectivity index (χ1v) is 16.4. The molecule has 1 heterocycles. The molecule has 0 saturated carbocycles. The van der Waals surface area contributed by atoms with Crippen LogP contribution >= 0.6 is 23.2 Å². The van der Waals surface area contributed by atoms with E-state index in [0.29, 0.717) is 33.5 Å². The van der Waals surface area contributed by atoms with Gasteiger partial charge in [0.25, 0.3) is 0 Å². The summed E-state index contributed by atoms with van der Waals surface area (Å²) in [5, 5.41) is 3.63. The van der Waals surface area contributed by atoms with Gasteiger partial charge >= 0.3 is 0 Å². The molecule has 0 aliphatic carbocycles. The van der Waals surface area contributed by atoms with Crippen LogP contribution in [-0.4, -0.2) is 56.3 Å². The average Bonchev–Trinajstić information content (AvgIpc) is 3.47. The summed E-state index contributed by atoms with van der Waals surface area (Å²) in [6, 6.07) is 17.8. The molecule has 1 aliphatic heterocycles. The number of nitrogens with one attached hydrogen (secondary N) is 1. The summed E-state index contributed by atoms with van der Waals surface area (Å²) in [6.45, 7) is 4.64. The fourth-order valence-electron chi connectivity index (χ4n) is 4.61. The summed E-state index contributed by atoms with van der Waals surface area (Å²) in [6.07, 6.45) is 0.863. The minimum absolute atomic E-state index is 0.0110. The largest absolute Gasteiger partial charge is 0.454 e. The first-order chi connectivity index (χ1) is 20.5. The first-order valence-electron chi connectivity index (χ1n) is 14.0. The molecular weight excluding hydrogens is 613 g/mol. The Kier molecular flexibility index (Phi) is 10.8. The minimum atomic E-state index is -3.94. The number of sulfonamides is 1. The number of hydrogen-bond acceptors (Lipinski definition) is 6. The van der Waals surface area contributed by atoms with Gasteiger partial charge in [-0.2, -0.15) is 0 Å². The van der Waals surface area contributed by atoms with Gasteiger partial charge in [0.2, 0.25) is 28.6 Å². The number of benzene rings is 3. The maximum atomic E-state index is 14.3. The number of hydrogen-bond donors (Lipinski definition) is 1. The second-order valence-corrected chi connectivity index (χ2v) is 13.2. The molecule has 0 aromatic heterocycles. The van der Waals surface area contributed by atoms with E-state index in [1.54, 1.807) is 30.3 Å². The van der Waals surface area contributed by atoms with E-state index in [9.17, 15) is 18.0 Å². The van der Waals surface area contributed by atoms with Gasteiger partial charge in [0, 0.05) is 40.7 Å². The van der Waals surface area contributed by atoms with Crippen molar-refractivity contribution in [2.24, 2.45) is 0 Å². The van der Waals surface area contributed by atoms with Gasteiger partial charge in [0.05, 0.1) is 11.4 Å². The SMILES string of the molecule is CC[C@@H](C)NC(=O)[C@H](Cc1ccccc1)N(Cc1c(Cl)cccc1Cl)C(=O)CN(c1ccc2c(c1)OCO2)S(=O)(=O)CC. The Hall–Kier alpha value is -3.47. The molecule has 9 nitrogen and oxygen atoms in total. The highest BCUT2D eigenvalue weighted by Gasteiger charge is 2.35. The zero-order valence-corrected chi connectivity index (χ0v) is 26.6. The van der Waals surface area contributed by atoms with Gasteiger partial charge in [0.1, 0.15) is 12.6 Å². The van der Waals surface area contributed by atoms with Crippen molar-refractivity contribution >= 4 is 50.7 Å². The summed E-state index contributed by atoms with van der Waals surface area (Å²) < 4.78 is 38.6. The molecule has 1 aliphatic rings. The molecule has 2 amide bonds. The molecule has 0 bridgehead atoms. The van der Waals surface area contributed by atoms with Crippen LogP contribution in [-0.2, 0) is 32.6 Å². The van der Waals surface area contributed by atoms with Crippen molar-refractivity contribution in [3.05, 3.63) is 87.9 Å². The van der Waals surface area contributed by atoms with Crippen LogP contribution in [0.4, 0.5) is 5.69 Å². The number of halogens is 2. The average molecular weight is 649 g/mol. The fraction of sp³-hybridized carbons (Fsp3) is 0.355. The van der Waals surface area contributed by atoms with E-state index < -0.39 is 28.5 Å². The quantitative estimate of drug-likeness (QED) is 0.265. The number of carbonyl (C=O) groups is 2. The lowest BCUT2D eigenvalue weighted by Crippen LogP contribution is -2.54. The standard InChI is InChI=1S/C31H35Cl2N3O6S/c1-4-21(3)34-31(38)27(16-22-10-7-6-8-11-22)35(18-24-25(32)12-9-13-26(24)33)30(37)19-36(43(39,40)5-2)23-14-15-28-29(17-23)42-20-41-28/h6-15,17,21,27H,4-5,16,18-20H2,1-3H3,(H,34,38)/t21-,27+/m1/s1. The van der Waals surface area contributed by atoms with Crippen LogP contribution in [0.1, 0.15) is 38.3 Å². The van der Waals surface area contributed by atoms with Crippen molar-refractivity contribution in [3.63, 3.8) is 0 Å². The maximum absolute atomic E-state index is 14.3. The van der Waals surface area contributed by atoms with E-state index in [-0.39, 0.29) is 43.1 Å². The maximum Gasteiger partial charge on any atom is 0.244 e. The third-order valence-corrected chi connectivity index (χ3v) is 9.74. The predicted octanol–water partition coefficient (Wildman–Crippen LogP) is 5.43. The summed E-state index contributed by atoms with van der Waals surface area (Å²) >= 11 is 13.1. The zero-order chi connectivity index (χ0) is 31.1. The summed E-state index contributed by atoms with van der Waals surface area (Å²) in [5.74, 6) is -0.388. The van der Waals surface area contributed by atoms with Crippen molar-refractivity contribution in [3.8, 4) is 11.5 Å². The Morgan fingerprint density at radius 2 is 1.63 bits per heavy atom. The van der Waals surface area contributed by atoms with Gasteiger partial charge in [-0.15, -0.1) is 0 Å². The molecule has 0 unspecified atom stereocenters. The zero-order valence-electron chi connectivity index (χ0n) is 24.3. The Bertz CT molecular complexity index is 1530. The molecule has 12 heteroatoms. The number of anilines is 1. The van der Waals surface area contributed by atoms with Crippen molar-refractivity contribution in [2.75, 3.05) is 23.4 Å². The Morgan fingerprint density at radius 1 is 0.953 bits per heavy atom. The lowest BCUT2D eigenvalue weighted by atomic mass is 10.0. The fourth-order valence-corrected chi connectivity index (χ4v) is 6.18. The van der Waals surface area contributed by atoms with Crippen molar-refractivity contribution in [1.82, 2.24) is 10.2 Å². The van der Waals surface area contributed by atoms with Crippen molar-refractivity contribution in [1.29, 1.82) is 0 Å². The molecule has 0 saturated heterocycles. The smallest absolute Gasteiger partial charge is 0.244 e. The van der Waals surface area contributed by atoms with Crippen LogP contribution in [0.25, 0.3) is 0 Å². The van der Waals surface area contributed by atoms with E-state index in [1.165, 1.54) is 17.9 Å². The molecular formula is C31H35Cl2N3O6S. The monoisotopic (exact) mass is 647 g/mol.